The molecule has 2 rings (SSSR count). The number of aromatic nitrogens is 2. The van der Waals surface area contributed by atoms with Gasteiger partial charge in [-0.25, -0.2) is 4.98 Å². The monoisotopic (exact) mass is 318 g/mol. The standard InChI is InChI=1S/C13H11BrN4O/c1-8-3-4-9(6-15)5-11(8)17-13-16-7-10(14)12(18-13)19-2/h3-5,7H,1-2H3,(H,16,17,18). The Morgan fingerprint density at radius 2 is 2.21 bits per heavy atom. The average Bonchev–Trinajstić information content (AvgIpc) is 2.43. The van der Waals surface area contributed by atoms with Crippen molar-refractivity contribution in [1.82, 2.24) is 9.97 Å². The third kappa shape index (κ3) is 3.01. The van der Waals surface area contributed by atoms with Crippen LogP contribution in [0.3, 0.4) is 0 Å². The van der Waals surface area contributed by atoms with Gasteiger partial charge in [-0.2, -0.15) is 10.2 Å². The predicted octanol–water partition coefficient (Wildman–Crippen LogP) is 3.17. The van der Waals surface area contributed by atoms with Gasteiger partial charge in [-0.3, -0.25) is 0 Å². The number of aryl methyl sites for hydroxylation is 1. The van der Waals surface area contributed by atoms with Crippen molar-refractivity contribution in [2.24, 2.45) is 0 Å². The molecule has 1 aromatic heterocycles. The summed E-state index contributed by atoms with van der Waals surface area (Å²) in [6.45, 7) is 1.94. The van der Waals surface area contributed by atoms with E-state index in [1.807, 2.05) is 13.0 Å². The molecule has 96 valence electrons. The van der Waals surface area contributed by atoms with E-state index in [4.69, 9.17) is 10.00 Å². The van der Waals surface area contributed by atoms with Crippen molar-refractivity contribution in [2.45, 2.75) is 6.92 Å². The van der Waals surface area contributed by atoms with Crippen molar-refractivity contribution >= 4 is 27.6 Å². The molecule has 0 saturated carbocycles. The quantitative estimate of drug-likeness (QED) is 0.941. The normalized spacial score (nSPS) is 9.79. The second kappa shape index (κ2) is 5.67. The Hall–Kier alpha value is -2.13. The van der Waals surface area contributed by atoms with Crippen molar-refractivity contribution in [3.8, 4) is 11.9 Å². The van der Waals surface area contributed by atoms with Crippen LogP contribution in [0.15, 0.2) is 28.9 Å². The van der Waals surface area contributed by atoms with E-state index >= 15 is 0 Å². The summed E-state index contributed by atoms with van der Waals surface area (Å²) in [5, 5.41) is 12.0. The lowest BCUT2D eigenvalue weighted by atomic mass is 10.1. The van der Waals surface area contributed by atoms with Crippen LogP contribution in [0.25, 0.3) is 0 Å². The van der Waals surface area contributed by atoms with E-state index in [2.05, 4.69) is 37.3 Å². The molecule has 6 heteroatoms. The summed E-state index contributed by atoms with van der Waals surface area (Å²) in [5.41, 5.74) is 2.38. The van der Waals surface area contributed by atoms with Crippen LogP contribution >= 0.6 is 15.9 Å². The molecule has 0 saturated heterocycles. The topological polar surface area (TPSA) is 70.8 Å². The van der Waals surface area contributed by atoms with Crippen LogP contribution in [-0.2, 0) is 0 Å². The first kappa shape index (κ1) is 13.3. The fraction of sp³-hybridized carbons (Fsp3) is 0.154. The summed E-state index contributed by atoms with van der Waals surface area (Å²) < 4.78 is 5.79. The molecule has 19 heavy (non-hydrogen) atoms. The van der Waals surface area contributed by atoms with Gasteiger partial charge in [0.05, 0.1) is 29.4 Å². The first-order valence-electron chi connectivity index (χ1n) is 5.48. The first-order chi connectivity index (χ1) is 9.13. The first-order valence-corrected chi connectivity index (χ1v) is 6.27. The van der Waals surface area contributed by atoms with Crippen molar-refractivity contribution in [1.29, 1.82) is 5.26 Å². The molecular formula is C13H11BrN4O. The largest absolute Gasteiger partial charge is 0.480 e. The summed E-state index contributed by atoms with van der Waals surface area (Å²) in [6, 6.07) is 7.50. The smallest absolute Gasteiger partial charge is 0.232 e. The fourth-order valence-corrected chi connectivity index (χ4v) is 1.85. The molecule has 0 amide bonds. The van der Waals surface area contributed by atoms with Crippen molar-refractivity contribution < 1.29 is 4.74 Å². The molecule has 0 aliphatic rings. The van der Waals surface area contributed by atoms with E-state index < -0.39 is 0 Å². The van der Waals surface area contributed by atoms with Gasteiger partial charge >= 0.3 is 0 Å². The Kier molecular flexibility index (Phi) is 3.97. The molecule has 1 heterocycles. The van der Waals surface area contributed by atoms with E-state index in [9.17, 15) is 0 Å². The highest BCUT2D eigenvalue weighted by molar-refractivity contribution is 9.10. The van der Waals surface area contributed by atoms with E-state index in [0.29, 0.717) is 21.9 Å². The van der Waals surface area contributed by atoms with Crippen LogP contribution in [0.1, 0.15) is 11.1 Å². The molecule has 1 aromatic carbocycles. The number of ether oxygens (including phenoxy) is 1. The van der Waals surface area contributed by atoms with Gasteiger partial charge in [0, 0.05) is 5.69 Å². The number of nitrogens with one attached hydrogen (secondary N) is 1. The SMILES string of the molecule is COc1nc(Nc2cc(C#N)ccc2C)ncc1Br. The zero-order valence-electron chi connectivity index (χ0n) is 10.4. The lowest BCUT2D eigenvalue weighted by molar-refractivity contribution is 0.394. The molecule has 0 radical (unpaired) electrons. The number of halogens is 1. The summed E-state index contributed by atoms with van der Waals surface area (Å²) >= 11 is 3.29. The van der Waals surface area contributed by atoms with Crippen molar-refractivity contribution in [3.63, 3.8) is 0 Å². The molecule has 0 atom stereocenters. The van der Waals surface area contributed by atoms with Crippen LogP contribution in [-0.4, -0.2) is 17.1 Å². The Balaban J connectivity index is 2.33. The minimum absolute atomic E-state index is 0.415. The zero-order chi connectivity index (χ0) is 13.8. The maximum Gasteiger partial charge on any atom is 0.232 e. The Morgan fingerprint density at radius 1 is 1.42 bits per heavy atom. The number of hydrogen-bond donors (Lipinski definition) is 1. The zero-order valence-corrected chi connectivity index (χ0v) is 12.0. The number of benzene rings is 1. The summed E-state index contributed by atoms with van der Waals surface area (Å²) in [6.07, 6.45) is 1.61. The van der Waals surface area contributed by atoms with Crippen LogP contribution in [0, 0.1) is 18.3 Å². The van der Waals surface area contributed by atoms with Gasteiger partial charge in [-0.15, -0.1) is 0 Å². The van der Waals surface area contributed by atoms with Crippen molar-refractivity contribution in [3.05, 3.63) is 40.0 Å². The maximum absolute atomic E-state index is 8.90. The molecule has 5 nitrogen and oxygen atoms in total. The van der Waals surface area contributed by atoms with Crippen LogP contribution in [0.2, 0.25) is 0 Å². The lowest BCUT2D eigenvalue weighted by Gasteiger charge is -2.09. The number of nitriles is 1. The Labute approximate surface area is 119 Å². The number of nitrogens with zero attached hydrogens (tertiary/aromatic N) is 3. The van der Waals surface area contributed by atoms with E-state index in [0.717, 1.165) is 11.3 Å². The van der Waals surface area contributed by atoms with E-state index in [1.165, 1.54) is 0 Å². The minimum atomic E-state index is 0.415. The minimum Gasteiger partial charge on any atom is -0.480 e. The predicted molar refractivity (Wildman–Crippen MR) is 75.5 cm³/mol. The van der Waals surface area contributed by atoms with Gasteiger partial charge in [0.1, 0.15) is 0 Å². The fourth-order valence-electron chi connectivity index (χ4n) is 1.50. The summed E-state index contributed by atoms with van der Waals surface area (Å²) in [7, 11) is 1.54. The van der Waals surface area contributed by atoms with Crippen LogP contribution < -0.4 is 10.1 Å². The van der Waals surface area contributed by atoms with E-state index in [-0.39, 0.29) is 0 Å². The molecule has 0 aliphatic heterocycles. The highest BCUT2D eigenvalue weighted by Crippen LogP contribution is 2.25. The summed E-state index contributed by atoms with van der Waals surface area (Å²) in [5.74, 6) is 0.866. The number of rotatable bonds is 3. The van der Waals surface area contributed by atoms with Crippen LogP contribution in [0.4, 0.5) is 11.6 Å². The maximum atomic E-state index is 8.90. The molecule has 1 N–H and O–H groups in total. The molecule has 0 unspecified atom stereocenters. The average molecular weight is 319 g/mol. The van der Waals surface area contributed by atoms with Gasteiger partial charge in [0.2, 0.25) is 11.8 Å². The third-order valence-corrected chi connectivity index (χ3v) is 3.06. The van der Waals surface area contributed by atoms with Gasteiger partial charge in [-0.1, -0.05) is 6.07 Å². The number of anilines is 2. The highest BCUT2D eigenvalue weighted by Gasteiger charge is 2.07. The molecule has 0 aliphatic carbocycles. The molecular weight excluding hydrogens is 308 g/mol. The van der Waals surface area contributed by atoms with Gasteiger partial charge in [0.25, 0.3) is 0 Å². The second-order valence-corrected chi connectivity index (χ2v) is 4.67. The van der Waals surface area contributed by atoms with Gasteiger partial charge in [0.15, 0.2) is 0 Å². The molecule has 0 bridgehead atoms. The Morgan fingerprint density at radius 3 is 2.89 bits per heavy atom. The highest BCUT2D eigenvalue weighted by atomic mass is 79.9. The molecule has 0 spiro atoms. The number of methoxy groups -OCH3 is 1. The van der Waals surface area contributed by atoms with Crippen molar-refractivity contribution in [2.75, 3.05) is 12.4 Å². The van der Waals surface area contributed by atoms with Gasteiger partial charge < -0.3 is 10.1 Å². The summed E-state index contributed by atoms with van der Waals surface area (Å²) in [4.78, 5) is 8.36. The van der Waals surface area contributed by atoms with Crippen LogP contribution in [0.5, 0.6) is 5.88 Å². The number of hydrogen-bond acceptors (Lipinski definition) is 5. The second-order valence-electron chi connectivity index (χ2n) is 3.82. The van der Waals surface area contributed by atoms with E-state index in [1.54, 1.807) is 25.4 Å². The molecule has 0 fully saturated rings. The van der Waals surface area contributed by atoms with Gasteiger partial charge in [-0.05, 0) is 40.5 Å². The molecule has 2 aromatic rings. The lowest BCUT2D eigenvalue weighted by Crippen LogP contribution is -2.01. The third-order valence-electron chi connectivity index (χ3n) is 2.52. The Bertz CT molecular complexity index is 652.